The Morgan fingerprint density at radius 1 is 1.06 bits per heavy atom. The number of hydrogen-bond acceptors (Lipinski definition) is 7. The fourth-order valence-electron chi connectivity index (χ4n) is 4.28. The van der Waals surface area contributed by atoms with Crippen LogP contribution >= 0.6 is 48.0 Å². The second-order valence-electron chi connectivity index (χ2n) is 8.74. The quantitative estimate of drug-likeness (QED) is 0.390. The molecule has 1 fully saturated rings. The van der Waals surface area contributed by atoms with E-state index >= 15 is 0 Å². The first-order valence-electron chi connectivity index (χ1n) is 10.7. The van der Waals surface area contributed by atoms with Crippen LogP contribution in [0.15, 0.2) is 35.4 Å². The number of nitrogens with one attached hydrogen (secondary N) is 1. The van der Waals surface area contributed by atoms with Gasteiger partial charge in [-0.05, 0) is 64.0 Å². The summed E-state index contributed by atoms with van der Waals surface area (Å²) in [6.45, 7) is 0. The maximum absolute atomic E-state index is 12.6. The third-order valence-corrected chi connectivity index (χ3v) is 7.85. The molecule has 0 unspecified atom stereocenters. The number of hydrogen-bond donors (Lipinski definition) is 2. The molecule has 12 heteroatoms. The summed E-state index contributed by atoms with van der Waals surface area (Å²) in [7, 11) is 0.629. The maximum Gasteiger partial charge on any atom is 0.179 e. The van der Waals surface area contributed by atoms with Gasteiger partial charge in [0.2, 0.25) is 0 Å². The minimum atomic E-state index is -3.54. The van der Waals surface area contributed by atoms with Crippen LogP contribution in [-0.4, -0.2) is 60.8 Å². The van der Waals surface area contributed by atoms with E-state index in [2.05, 4.69) is 29.3 Å². The van der Waals surface area contributed by atoms with Gasteiger partial charge in [-0.15, -0.1) is 24.8 Å². The summed E-state index contributed by atoms with van der Waals surface area (Å²) in [6.07, 6.45) is 6.49. The molecule has 1 saturated carbocycles. The van der Waals surface area contributed by atoms with Crippen LogP contribution in [0.2, 0.25) is 10.0 Å². The topological polar surface area (TPSA) is 95.4 Å². The summed E-state index contributed by atoms with van der Waals surface area (Å²) in [6, 6.07) is 7.35. The third kappa shape index (κ3) is 6.42. The van der Waals surface area contributed by atoms with E-state index in [1.54, 1.807) is 24.3 Å². The number of benzene rings is 1. The number of halogens is 4. The van der Waals surface area contributed by atoms with Gasteiger partial charge in [-0.25, -0.2) is 13.4 Å². The normalized spacial score (nSPS) is 18.1. The Morgan fingerprint density at radius 3 is 2.20 bits per heavy atom. The fourth-order valence-corrected chi connectivity index (χ4v) is 5.54. The number of phenols is 1. The van der Waals surface area contributed by atoms with Crippen LogP contribution in [0.1, 0.15) is 25.7 Å². The number of aromatic nitrogens is 2. The van der Waals surface area contributed by atoms with Crippen LogP contribution in [0.5, 0.6) is 5.75 Å². The number of rotatable bonds is 5. The lowest BCUT2D eigenvalue weighted by Crippen LogP contribution is -2.36. The molecule has 0 aliphatic heterocycles. The fraction of sp³-hybridized carbons (Fsp3) is 0.391. The second-order valence-corrected chi connectivity index (χ2v) is 11.5. The van der Waals surface area contributed by atoms with E-state index in [1.165, 1.54) is 12.5 Å². The zero-order valence-electron chi connectivity index (χ0n) is 19.5. The minimum Gasteiger partial charge on any atom is -0.505 e. The molecule has 2 heterocycles. The predicted octanol–water partition coefficient (Wildman–Crippen LogP) is 5.84. The first-order valence-corrected chi connectivity index (χ1v) is 13.3. The Morgan fingerprint density at radius 2 is 1.66 bits per heavy atom. The Kier molecular flexibility index (Phi) is 9.89. The molecule has 0 saturated heterocycles. The third-order valence-electron chi connectivity index (χ3n) is 6.17. The van der Waals surface area contributed by atoms with Crippen molar-refractivity contribution in [2.45, 2.75) is 42.7 Å². The van der Waals surface area contributed by atoms with Crippen molar-refractivity contribution in [2.75, 3.05) is 25.7 Å². The number of pyridine rings is 2. The smallest absolute Gasteiger partial charge is 0.179 e. The van der Waals surface area contributed by atoms with Crippen LogP contribution in [0.4, 0.5) is 5.69 Å². The lowest BCUT2D eigenvalue weighted by molar-refractivity contribution is 0.221. The van der Waals surface area contributed by atoms with E-state index < -0.39 is 9.84 Å². The largest absolute Gasteiger partial charge is 0.505 e. The van der Waals surface area contributed by atoms with Crippen molar-refractivity contribution in [3.05, 3.63) is 40.5 Å². The summed E-state index contributed by atoms with van der Waals surface area (Å²) in [5, 5.41) is 13.6. The van der Waals surface area contributed by atoms with Crippen molar-refractivity contribution >= 4 is 74.6 Å². The van der Waals surface area contributed by atoms with Crippen LogP contribution in [0.3, 0.4) is 0 Å². The highest BCUT2D eigenvalue weighted by molar-refractivity contribution is 7.90. The van der Waals surface area contributed by atoms with Crippen molar-refractivity contribution < 1.29 is 13.5 Å². The van der Waals surface area contributed by atoms with Crippen LogP contribution in [0.25, 0.3) is 22.3 Å². The van der Waals surface area contributed by atoms with E-state index in [0.29, 0.717) is 34.0 Å². The molecule has 4 rings (SSSR count). The molecule has 0 spiro atoms. The van der Waals surface area contributed by atoms with E-state index in [4.69, 9.17) is 28.2 Å². The van der Waals surface area contributed by atoms with E-state index in [1.807, 2.05) is 0 Å². The monoisotopic (exact) mass is 580 g/mol. The molecule has 0 bridgehead atoms. The molecule has 192 valence electrons. The number of phenolic OH excluding ortho intramolecular Hbond substituents is 1. The van der Waals surface area contributed by atoms with Gasteiger partial charge in [0.1, 0.15) is 10.4 Å². The van der Waals surface area contributed by atoms with Gasteiger partial charge in [0, 0.05) is 30.1 Å². The number of fused-ring (bicyclic) bond motifs is 1. The lowest BCUT2D eigenvalue weighted by Gasteiger charge is -2.33. The van der Waals surface area contributed by atoms with Crippen molar-refractivity contribution in [3.63, 3.8) is 0 Å². The highest BCUT2D eigenvalue weighted by Gasteiger charge is 2.26. The van der Waals surface area contributed by atoms with Gasteiger partial charge >= 0.3 is 0 Å². The Bertz CT molecular complexity index is 1290. The van der Waals surface area contributed by atoms with Crippen molar-refractivity contribution in [1.29, 1.82) is 0 Å². The second kappa shape index (κ2) is 11.7. The minimum absolute atomic E-state index is 0. The molecule has 7 nitrogen and oxygen atoms in total. The molecule has 2 N–H and O–H groups in total. The van der Waals surface area contributed by atoms with Crippen LogP contribution in [0, 0.1) is 0 Å². The first kappa shape index (κ1) is 29.7. The first-order chi connectivity index (χ1) is 15.5. The highest BCUT2D eigenvalue weighted by atomic mass is 35.5. The van der Waals surface area contributed by atoms with Crippen LogP contribution < -0.4 is 5.32 Å². The number of anilines is 1. The summed E-state index contributed by atoms with van der Waals surface area (Å²) in [5.74, 6) is -0.195. The molecule has 1 aliphatic carbocycles. The molecule has 2 aromatic heterocycles. The molecule has 1 aliphatic rings. The SMILES string of the molecule is CN(C)[C@H]1CC[C@H](Nc2c(S(C)(=O)=O)cnc3ccc(-c4cc(Cl)c(O)c(Cl)c4)nc23)CC1.Cl.Cl. The molecule has 35 heavy (non-hydrogen) atoms. The molecular formula is C23H28Cl4N4O3S. The molecule has 0 amide bonds. The molecule has 1 aromatic carbocycles. The van der Waals surface area contributed by atoms with Gasteiger partial charge in [0.15, 0.2) is 15.6 Å². The average Bonchev–Trinajstić information content (AvgIpc) is 2.76. The standard InChI is InChI=1S/C23H26Cl2N4O3S.2ClH/c1-29(2)15-6-4-14(5-7-15)27-22-20(33(3,31)32)12-26-19-9-8-18(28-21(19)22)13-10-16(24)23(30)17(25)11-13;;/h8-12,14-15,30H,4-7H2,1-3H3,(H,26,27);2*1H/t14-,15-;;. The number of nitrogens with zero attached hydrogens (tertiary/aromatic N) is 3. The average molecular weight is 582 g/mol. The van der Waals surface area contributed by atoms with Gasteiger partial charge < -0.3 is 15.3 Å². The van der Waals surface area contributed by atoms with Gasteiger partial charge in [0.05, 0.1) is 26.9 Å². The highest BCUT2D eigenvalue weighted by Crippen LogP contribution is 2.37. The maximum atomic E-state index is 12.6. The zero-order valence-corrected chi connectivity index (χ0v) is 23.4. The van der Waals surface area contributed by atoms with Crippen molar-refractivity contribution in [1.82, 2.24) is 14.9 Å². The van der Waals surface area contributed by atoms with Gasteiger partial charge in [-0.2, -0.15) is 0 Å². The van der Waals surface area contributed by atoms with E-state index in [-0.39, 0.29) is 51.5 Å². The zero-order chi connectivity index (χ0) is 23.9. The van der Waals surface area contributed by atoms with Crippen molar-refractivity contribution in [2.24, 2.45) is 0 Å². The number of aromatic hydroxyl groups is 1. The molecule has 0 atom stereocenters. The van der Waals surface area contributed by atoms with Gasteiger partial charge in [-0.1, -0.05) is 23.2 Å². The van der Waals surface area contributed by atoms with E-state index in [0.717, 1.165) is 25.7 Å². The summed E-state index contributed by atoms with van der Waals surface area (Å²) < 4.78 is 25.2. The van der Waals surface area contributed by atoms with E-state index in [9.17, 15) is 13.5 Å². The molecular weight excluding hydrogens is 554 g/mol. The molecule has 0 radical (unpaired) electrons. The summed E-state index contributed by atoms with van der Waals surface area (Å²) >= 11 is 12.2. The Hall–Kier alpha value is -1.55. The Balaban J connectivity index is 0.00000216. The summed E-state index contributed by atoms with van der Waals surface area (Å²) in [5.41, 5.74) is 2.65. The van der Waals surface area contributed by atoms with Gasteiger partial charge in [0.25, 0.3) is 0 Å². The van der Waals surface area contributed by atoms with Gasteiger partial charge in [-0.3, -0.25) is 4.98 Å². The summed E-state index contributed by atoms with van der Waals surface area (Å²) in [4.78, 5) is 11.4. The number of sulfone groups is 1. The van der Waals surface area contributed by atoms with Crippen molar-refractivity contribution in [3.8, 4) is 17.0 Å². The Labute approximate surface area is 228 Å². The van der Waals surface area contributed by atoms with Crippen LogP contribution in [-0.2, 0) is 9.84 Å². The predicted molar refractivity (Wildman–Crippen MR) is 148 cm³/mol. The molecule has 3 aromatic rings. The lowest BCUT2D eigenvalue weighted by atomic mass is 9.90.